The number of hydrogen-bond donors (Lipinski definition) is 3. The summed E-state index contributed by atoms with van der Waals surface area (Å²) in [4.78, 5) is 22.8. The number of carbonyl (C=O) groups is 2. The third kappa shape index (κ3) is 10.8. The lowest BCUT2D eigenvalue weighted by atomic mass is 9.88. The van der Waals surface area contributed by atoms with Crippen molar-refractivity contribution >= 4 is 41.1 Å². The number of aryl methyl sites for hydroxylation is 1. The molecule has 0 radical (unpaired) electrons. The highest BCUT2D eigenvalue weighted by molar-refractivity contribution is 6.63. The van der Waals surface area contributed by atoms with Gasteiger partial charge in [-0.05, 0) is 67.0 Å². The highest BCUT2D eigenvalue weighted by atomic mass is 35.5. The Balaban J connectivity index is 0.000000303. The summed E-state index contributed by atoms with van der Waals surface area (Å²) in [6, 6.07) is 23.6. The van der Waals surface area contributed by atoms with E-state index in [0.29, 0.717) is 18.5 Å². The smallest absolute Gasteiger partial charge is 0.406 e. The molecule has 3 rings (SSSR count). The Morgan fingerprint density at radius 2 is 1.49 bits per heavy atom. The molecular formula is C28H34BClN2O3. The average Bonchev–Trinajstić information content (AvgIpc) is 2.83. The zero-order valence-electron chi connectivity index (χ0n) is 20.5. The van der Waals surface area contributed by atoms with Crippen molar-refractivity contribution < 1.29 is 14.6 Å². The van der Waals surface area contributed by atoms with Crippen LogP contribution in [0.5, 0.6) is 0 Å². The zero-order valence-corrected chi connectivity index (χ0v) is 21.2. The maximum atomic E-state index is 12.2. The van der Waals surface area contributed by atoms with Gasteiger partial charge in [-0.25, -0.2) is 0 Å². The first-order chi connectivity index (χ1) is 16.8. The normalized spacial score (nSPS) is 10.2. The molecule has 0 amide bonds. The summed E-state index contributed by atoms with van der Waals surface area (Å²) in [7, 11) is -0.574. The van der Waals surface area contributed by atoms with Gasteiger partial charge in [0.1, 0.15) is 0 Å². The Kier molecular flexibility index (Phi) is 12.1. The number of benzene rings is 3. The number of nitrogens with one attached hydrogen (secondary N) is 1. The van der Waals surface area contributed by atoms with E-state index in [4.69, 9.17) is 22.4 Å². The summed E-state index contributed by atoms with van der Waals surface area (Å²) in [6.45, 7) is 3.63. The van der Waals surface area contributed by atoms with Gasteiger partial charge in [0.05, 0.1) is 5.69 Å². The fourth-order valence-corrected chi connectivity index (χ4v) is 3.70. The highest BCUT2D eigenvalue weighted by Gasteiger charge is 2.07. The summed E-state index contributed by atoms with van der Waals surface area (Å²) in [5.41, 5.74) is 11.3. The van der Waals surface area contributed by atoms with Gasteiger partial charge in [0.2, 0.25) is 5.24 Å². The minimum Gasteiger partial charge on any atom is -0.433 e. The van der Waals surface area contributed by atoms with Crippen molar-refractivity contribution in [2.45, 2.75) is 52.3 Å². The largest absolute Gasteiger partial charge is 0.433 e. The van der Waals surface area contributed by atoms with Gasteiger partial charge >= 0.3 is 7.05 Å². The third-order valence-corrected chi connectivity index (χ3v) is 5.60. The third-order valence-electron chi connectivity index (χ3n) is 5.41. The second-order valence-corrected chi connectivity index (χ2v) is 8.97. The van der Waals surface area contributed by atoms with E-state index >= 15 is 0 Å². The lowest BCUT2D eigenvalue weighted by Gasteiger charge is -2.09. The summed E-state index contributed by atoms with van der Waals surface area (Å²) in [6.07, 6.45) is 4.55. The molecule has 7 heteroatoms. The van der Waals surface area contributed by atoms with E-state index < -0.39 is 7.05 Å². The minimum atomic E-state index is -0.574. The van der Waals surface area contributed by atoms with Gasteiger partial charge in [-0.2, -0.15) is 0 Å². The van der Waals surface area contributed by atoms with Crippen LogP contribution < -0.4 is 11.0 Å². The molecule has 0 aromatic heterocycles. The first-order valence-electron chi connectivity index (χ1n) is 11.9. The van der Waals surface area contributed by atoms with Crippen LogP contribution in [0.1, 0.15) is 54.4 Å². The number of Topliss-reactive ketones (excluding diaryl/α,β-unsaturated/α-hetero) is 1. The van der Waals surface area contributed by atoms with E-state index in [9.17, 15) is 9.59 Å². The van der Waals surface area contributed by atoms with E-state index in [1.165, 1.54) is 0 Å². The Hall–Kier alpha value is -3.09. The van der Waals surface area contributed by atoms with E-state index in [0.717, 1.165) is 53.6 Å². The summed E-state index contributed by atoms with van der Waals surface area (Å²) in [5.74, 6) is 0.179. The standard InChI is InChI=1S/C20H21ClO2.C8H13BN2O/c21-20(23)11-7-2-1-6-10-19(22)18-14-12-17(13-15-18)16-8-4-3-5-9-16;1-6-3-4-8(7(10)5-6)11-9(2)12/h3-5,8-9,12-15H,1-2,6-7,10-11H2;3-5,11-12H,10H2,1-2H3. The van der Waals surface area contributed by atoms with Crippen LogP contribution >= 0.6 is 11.6 Å². The monoisotopic (exact) mass is 492 g/mol. The van der Waals surface area contributed by atoms with Gasteiger partial charge in [-0.3, -0.25) is 9.59 Å². The summed E-state index contributed by atoms with van der Waals surface area (Å²) in [5, 5.41) is 11.6. The van der Waals surface area contributed by atoms with Gasteiger partial charge in [0, 0.05) is 24.1 Å². The molecule has 0 aliphatic heterocycles. The Morgan fingerprint density at radius 3 is 2.06 bits per heavy atom. The van der Waals surface area contributed by atoms with Crippen molar-refractivity contribution in [3.05, 3.63) is 83.9 Å². The number of rotatable bonds is 11. The molecule has 184 valence electrons. The fourth-order valence-electron chi connectivity index (χ4n) is 3.57. The molecule has 0 aliphatic carbocycles. The number of nitrogens with two attached hydrogens (primary N) is 1. The van der Waals surface area contributed by atoms with Crippen LogP contribution in [0.4, 0.5) is 11.4 Å². The van der Waals surface area contributed by atoms with Gasteiger partial charge in [-0.1, -0.05) is 73.5 Å². The molecule has 0 heterocycles. The molecule has 0 saturated heterocycles. The highest BCUT2D eigenvalue weighted by Crippen LogP contribution is 2.21. The fraction of sp³-hybridized carbons (Fsp3) is 0.286. The van der Waals surface area contributed by atoms with E-state index in [1.54, 1.807) is 6.82 Å². The van der Waals surface area contributed by atoms with E-state index in [2.05, 4.69) is 17.4 Å². The van der Waals surface area contributed by atoms with Crippen molar-refractivity contribution in [3.8, 4) is 11.1 Å². The molecule has 0 saturated carbocycles. The predicted octanol–water partition coefficient (Wildman–Crippen LogP) is 6.74. The number of ketones is 1. The van der Waals surface area contributed by atoms with Crippen LogP contribution in [0, 0.1) is 6.92 Å². The van der Waals surface area contributed by atoms with Crippen LogP contribution in [-0.2, 0) is 4.79 Å². The Morgan fingerprint density at radius 1 is 0.886 bits per heavy atom. The number of anilines is 2. The maximum absolute atomic E-state index is 12.2. The number of nitrogen functional groups attached to an aromatic ring is 1. The maximum Gasteiger partial charge on any atom is 0.406 e. The van der Waals surface area contributed by atoms with E-state index in [1.807, 2.05) is 67.6 Å². The Labute approximate surface area is 213 Å². The van der Waals surface area contributed by atoms with Crippen molar-refractivity contribution in [1.29, 1.82) is 0 Å². The molecule has 0 bridgehead atoms. The molecule has 35 heavy (non-hydrogen) atoms. The predicted molar refractivity (Wildman–Crippen MR) is 148 cm³/mol. The minimum absolute atomic E-state index is 0.179. The first-order valence-corrected chi connectivity index (χ1v) is 12.3. The molecule has 0 fully saturated rings. The quantitative estimate of drug-likeness (QED) is 0.0906. The molecular weight excluding hydrogens is 459 g/mol. The molecule has 0 spiro atoms. The lowest BCUT2D eigenvalue weighted by molar-refractivity contribution is -0.111. The van der Waals surface area contributed by atoms with Crippen LogP contribution in [0.3, 0.4) is 0 Å². The lowest BCUT2D eigenvalue weighted by Crippen LogP contribution is -2.20. The van der Waals surface area contributed by atoms with Crippen molar-refractivity contribution in [3.63, 3.8) is 0 Å². The Bertz CT molecular complexity index is 1070. The molecule has 3 aromatic rings. The second kappa shape index (κ2) is 15.0. The van der Waals surface area contributed by atoms with Gasteiger partial charge in [-0.15, -0.1) is 0 Å². The molecule has 0 unspecified atom stereocenters. The van der Waals surface area contributed by atoms with Crippen molar-refractivity contribution in [2.75, 3.05) is 11.0 Å². The van der Waals surface area contributed by atoms with Crippen LogP contribution in [0.2, 0.25) is 6.82 Å². The van der Waals surface area contributed by atoms with Crippen molar-refractivity contribution in [1.82, 2.24) is 0 Å². The first kappa shape index (κ1) is 28.2. The van der Waals surface area contributed by atoms with Crippen LogP contribution in [0.15, 0.2) is 72.8 Å². The van der Waals surface area contributed by atoms with Crippen LogP contribution in [-0.4, -0.2) is 23.1 Å². The van der Waals surface area contributed by atoms with Gasteiger partial charge in [0.15, 0.2) is 5.78 Å². The number of carbonyl (C=O) groups excluding carboxylic acids is 2. The molecule has 4 N–H and O–H groups in total. The second-order valence-electron chi connectivity index (χ2n) is 8.55. The molecule has 3 aromatic carbocycles. The number of halogens is 1. The summed E-state index contributed by atoms with van der Waals surface area (Å²) < 4.78 is 0. The SMILES string of the molecule is CB(O)Nc1ccc(C)cc1N.O=C(Cl)CCCCCCC(=O)c1ccc(-c2ccccc2)cc1. The zero-order chi connectivity index (χ0) is 25.6. The van der Waals surface area contributed by atoms with Crippen LogP contribution in [0.25, 0.3) is 11.1 Å². The topological polar surface area (TPSA) is 92.4 Å². The molecule has 0 atom stereocenters. The van der Waals surface area contributed by atoms with E-state index in [-0.39, 0.29) is 11.0 Å². The molecule has 0 aliphatic rings. The van der Waals surface area contributed by atoms with Gasteiger partial charge in [0.25, 0.3) is 0 Å². The average molecular weight is 493 g/mol. The van der Waals surface area contributed by atoms with Gasteiger partial charge < -0.3 is 16.0 Å². The number of hydrogen-bond acceptors (Lipinski definition) is 5. The van der Waals surface area contributed by atoms with Crippen molar-refractivity contribution in [2.24, 2.45) is 0 Å². The molecule has 5 nitrogen and oxygen atoms in total. The summed E-state index contributed by atoms with van der Waals surface area (Å²) >= 11 is 5.29. The number of unbranched alkanes of at least 4 members (excludes halogenated alkanes) is 3.